The first-order valence-corrected chi connectivity index (χ1v) is 17.2. The average molecular weight is 655 g/mol. The highest BCUT2D eigenvalue weighted by molar-refractivity contribution is 5.77. The van der Waals surface area contributed by atoms with Crippen LogP contribution in [0.3, 0.4) is 0 Å². The zero-order valence-corrected chi connectivity index (χ0v) is 27.7. The Hall–Kier alpha value is -3.31. The first kappa shape index (κ1) is 35.0. The molecule has 0 aliphatic heterocycles. The minimum Gasteiger partial charge on any atom is -0.481 e. The lowest BCUT2D eigenvalue weighted by Crippen LogP contribution is -2.53. The predicted molar refractivity (Wildman–Crippen MR) is 173 cm³/mol. The van der Waals surface area contributed by atoms with Crippen molar-refractivity contribution in [3.63, 3.8) is 0 Å². The number of carboxylic acids is 2. The number of nitrogens with one attached hydrogen (secondary N) is 1. The van der Waals surface area contributed by atoms with Gasteiger partial charge in [0.05, 0.1) is 4.92 Å². The summed E-state index contributed by atoms with van der Waals surface area (Å²) in [6, 6.07) is 4.24. The fourth-order valence-corrected chi connectivity index (χ4v) is 10.0. The van der Waals surface area contributed by atoms with Crippen LogP contribution in [0.1, 0.15) is 103 Å². The number of non-ortho nitro benzene ring substituents is 1. The van der Waals surface area contributed by atoms with Crippen molar-refractivity contribution >= 4 is 23.6 Å². The number of allylic oxidation sites excluding steroid dienone is 2. The van der Waals surface area contributed by atoms with Crippen LogP contribution in [0.4, 0.5) is 5.69 Å². The molecule has 1 aromatic rings. The molecule has 0 radical (unpaired) electrons. The summed E-state index contributed by atoms with van der Waals surface area (Å²) < 4.78 is 6.01. The molecule has 0 amide bonds. The summed E-state index contributed by atoms with van der Waals surface area (Å²) in [5.41, 5.74) is 0.359. The number of nitrogens with zero attached hydrogens (tertiary/aromatic N) is 1. The third-order valence-electron chi connectivity index (χ3n) is 12.6. The molecule has 5 rings (SSSR count). The number of fused-ring (bicyclic) bond motifs is 5. The van der Waals surface area contributed by atoms with Gasteiger partial charge in [-0.05, 0) is 122 Å². The highest BCUT2D eigenvalue weighted by Gasteiger charge is 2.59. The summed E-state index contributed by atoms with van der Waals surface area (Å²) in [5, 5.41) is 43.0. The Balaban J connectivity index is 1.23. The summed E-state index contributed by atoms with van der Waals surface area (Å²) in [7, 11) is 0. The summed E-state index contributed by atoms with van der Waals surface area (Å²) in [4.78, 5) is 46.4. The molecule has 3 saturated carbocycles. The molecule has 0 spiro atoms. The largest absolute Gasteiger partial charge is 0.481 e. The van der Waals surface area contributed by atoms with Crippen molar-refractivity contribution < 1.29 is 39.4 Å². The lowest BCUT2D eigenvalue weighted by atomic mass is 9.46. The molecule has 47 heavy (non-hydrogen) atoms. The fourth-order valence-electron chi connectivity index (χ4n) is 10.0. The second kappa shape index (κ2) is 14.0. The van der Waals surface area contributed by atoms with Crippen LogP contribution < -0.4 is 5.32 Å². The predicted octanol–water partition coefficient (Wildman–Crippen LogP) is 6.26. The summed E-state index contributed by atoms with van der Waals surface area (Å²) in [6.07, 6.45) is 10.8. The smallest absolute Gasteiger partial charge is 0.323 e. The third-order valence-corrected chi connectivity index (χ3v) is 12.6. The molecular formula is C36H50N2O9. The van der Waals surface area contributed by atoms with Crippen LogP contribution in [0.15, 0.2) is 36.4 Å². The van der Waals surface area contributed by atoms with Crippen molar-refractivity contribution in [1.82, 2.24) is 5.32 Å². The highest BCUT2D eigenvalue weighted by Crippen LogP contribution is 2.66. The number of carbonyl (C=O) groups excluding carboxylic acids is 1. The van der Waals surface area contributed by atoms with Gasteiger partial charge in [0.15, 0.2) is 0 Å². The number of carboxylic acid groups (broad SMARTS) is 2. The van der Waals surface area contributed by atoms with E-state index < -0.39 is 35.1 Å². The van der Waals surface area contributed by atoms with E-state index in [0.717, 1.165) is 32.1 Å². The first-order chi connectivity index (χ1) is 22.2. The number of aliphatic hydroxyl groups is 1. The molecule has 11 atom stereocenters. The Morgan fingerprint density at radius 1 is 1.02 bits per heavy atom. The number of esters is 1. The van der Waals surface area contributed by atoms with Gasteiger partial charge in [-0.25, -0.2) is 0 Å². The number of aliphatic carboxylic acids is 2. The van der Waals surface area contributed by atoms with E-state index in [9.17, 15) is 39.8 Å². The zero-order chi connectivity index (χ0) is 34.1. The molecule has 2 unspecified atom stereocenters. The van der Waals surface area contributed by atoms with Gasteiger partial charge < -0.3 is 20.1 Å². The molecule has 0 saturated heterocycles. The monoisotopic (exact) mass is 654 g/mol. The Labute approximate surface area is 276 Å². The molecule has 4 aliphatic carbocycles. The standard InChI is InChI=1S/C36H50N2O9/c1-21(4-14-31(39)40)27-11-12-28-26-10-7-23-20-25(16-18-35(23,2)29(26)17-19-36(27,28)3)47-34(44)30(13-15-32(41)42)37-33(43)22-5-8-24(9-6-22)38(45)46/h5-6,8-9,17,19,21,23,25-30,33,37,43H,4,7,10-16,18,20H2,1-3H3,(H,39,40)(H,41,42)/t21-,23-,25-,26+,27?,28+,29+,30+,33?,35+,36-/m1/s1. The van der Waals surface area contributed by atoms with Crippen molar-refractivity contribution in [2.45, 2.75) is 110 Å². The van der Waals surface area contributed by atoms with Gasteiger partial charge >= 0.3 is 17.9 Å². The average Bonchev–Trinajstić information content (AvgIpc) is 3.39. The highest BCUT2D eigenvalue weighted by atomic mass is 16.6. The summed E-state index contributed by atoms with van der Waals surface area (Å²) in [6.45, 7) is 7.02. The number of nitro benzene ring substituents is 1. The topological polar surface area (TPSA) is 176 Å². The van der Waals surface area contributed by atoms with Crippen molar-refractivity contribution in [2.24, 2.45) is 46.3 Å². The quantitative estimate of drug-likeness (QED) is 0.0625. The van der Waals surface area contributed by atoms with E-state index in [1.807, 2.05) is 0 Å². The minimum atomic E-state index is -1.34. The van der Waals surface area contributed by atoms with Gasteiger partial charge in [0, 0.05) is 25.0 Å². The Morgan fingerprint density at radius 2 is 1.70 bits per heavy atom. The molecule has 3 fully saturated rings. The number of hydrogen-bond acceptors (Lipinski definition) is 8. The van der Waals surface area contributed by atoms with Gasteiger partial charge in [0.1, 0.15) is 18.4 Å². The number of aliphatic hydroxyl groups excluding tert-OH is 1. The van der Waals surface area contributed by atoms with Crippen molar-refractivity contribution in [3.8, 4) is 0 Å². The Kier molecular flexibility index (Phi) is 10.5. The van der Waals surface area contributed by atoms with Crippen molar-refractivity contribution in [1.29, 1.82) is 0 Å². The van der Waals surface area contributed by atoms with Crippen LogP contribution in [0.5, 0.6) is 0 Å². The van der Waals surface area contributed by atoms with Gasteiger partial charge in [0.25, 0.3) is 5.69 Å². The van der Waals surface area contributed by atoms with Gasteiger partial charge in [-0.1, -0.05) is 32.9 Å². The maximum absolute atomic E-state index is 13.4. The van der Waals surface area contributed by atoms with Crippen LogP contribution >= 0.6 is 0 Å². The molecule has 0 aromatic heterocycles. The normalized spacial score (nSPS) is 34.6. The van der Waals surface area contributed by atoms with Crippen molar-refractivity contribution in [2.75, 3.05) is 0 Å². The Bertz CT molecular complexity index is 1360. The second-order valence-corrected chi connectivity index (χ2v) is 15.1. The first-order valence-electron chi connectivity index (χ1n) is 17.2. The van der Waals surface area contributed by atoms with E-state index in [1.165, 1.54) is 30.7 Å². The van der Waals surface area contributed by atoms with Crippen LogP contribution in [0, 0.1) is 56.5 Å². The van der Waals surface area contributed by atoms with Crippen molar-refractivity contribution in [3.05, 3.63) is 52.1 Å². The van der Waals surface area contributed by atoms with E-state index in [2.05, 4.69) is 38.2 Å². The van der Waals surface area contributed by atoms with E-state index >= 15 is 0 Å². The number of benzene rings is 1. The fraction of sp³-hybridized carbons (Fsp3) is 0.694. The van der Waals surface area contributed by atoms with Gasteiger partial charge in [-0.2, -0.15) is 0 Å². The number of rotatable bonds is 13. The maximum Gasteiger partial charge on any atom is 0.323 e. The Morgan fingerprint density at radius 3 is 2.36 bits per heavy atom. The van der Waals surface area contributed by atoms with E-state index in [1.54, 1.807) is 0 Å². The number of hydrogen-bond donors (Lipinski definition) is 4. The molecule has 4 N–H and O–H groups in total. The van der Waals surface area contributed by atoms with Gasteiger partial charge in [-0.3, -0.25) is 29.8 Å². The van der Waals surface area contributed by atoms with Gasteiger partial charge in [0.2, 0.25) is 0 Å². The summed E-state index contributed by atoms with van der Waals surface area (Å²) >= 11 is 0. The molecule has 11 heteroatoms. The van der Waals surface area contributed by atoms with E-state index in [4.69, 9.17) is 4.74 Å². The van der Waals surface area contributed by atoms with Crippen LogP contribution in [0.25, 0.3) is 0 Å². The van der Waals surface area contributed by atoms with E-state index in [0.29, 0.717) is 53.9 Å². The molecule has 258 valence electrons. The zero-order valence-electron chi connectivity index (χ0n) is 27.7. The molecule has 0 heterocycles. The lowest BCUT2D eigenvalue weighted by Gasteiger charge is -2.59. The SMILES string of the molecule is C[C@H](CCC(=O)O)C1CC[C@H]2[C@@H]3CC[C@@H]4C[C@H](OC(=O)[C@H](CCC(=O)O)NC(O)c5ccc([N+](=O)[O-])cc5)CC[C@]4(C)[C@H]3C=C[C@]12C. The molecule has 4 aliphatic rings. The van der Waals surface area contributed by atoms with Crippen LogP contribution in [-0.4, -0.2) is 50.3 Å². The third kappa shape index (κ3) is 7.26. The lowest BCUT2D eigenvalue weighted by molar-refractivity contribution is -0.384. The number of nitro groups is 1. The number of carbonyl (C=O) groups is 3. The van der Waals surface area contributed by atoms with Crippen LogP contribution in [0.2, 0.25) is 0 Å². The molecular weight excluding hydrogens is 604 g/mol. The maximum atomic E-state index is 13.4. The molecule has 11 nitrogen and oxygen atoms in total. The molecule has 1 aromatic carbocycles. The number of ether oxygens (including phenoxy) is 1. The minimum absolute atomic E-state index is 0.0727. The molecule has 0 bridgehead atoms. The van der Waals surface area contributed by atoms with E-state index in [-0.39, 0.29) is 41.9 Å². The second-order valence-electron chi connectivity index (χ2n) is 15.1. The van der Waals surface area contributed by atoms with Crippen LogP contribution in [-0.2, 0) is 19.1 Å². The summed E-state index contributed by atoms with van der Waals surface area (Å²) in [5.74, 6) is 0.471. The van der Waals surface area contributed by atoms with Gasteiger partial charge in [-0.15, -0.1) is 0 Å².